The molecule has 0 spiro atoms. The Bertz CT molecular complexity index is 260. The van der Waals surface area contributed by atoms with Crippen molar-refractivity contribution >= 4 is 5.91 Å². The fraction of sp³-hybridized carbons (Fsp3) is 0.462. The Morgan fingerprint density at radius 3 is 2.31 bits per heavy atom. The first kappa shape index (κ1) is 16.9. The number of amides is 1. The van der Waals surface area contributed by atoms with Gasteiger partial charge in [0.05, 0.1) is 0 Å². The lowest BCUT2D eigenvalue weighted by Gasteiger charge is -2.06. The summed E-state index contributed by atoms with van der Waals surface area (Å²) in [5.41, 5.74) is 0. The van der Waals surface area contributed by atoms with Crippen LogP contribution in [0.5, 0.6) is 5.75 Å². The quantitative estimate of drug-likeness (QED) is 0.799. The highest BCUT2D eigenvalue weighted by Gasteiger charge is 1.95. The van der Waals surface area contributed by atoms with E-state index in [0.717, 1.165) is 5.75 Å². The van der Waals surface area contributed by atoms with E-state index in [0.29, 0.717) is 6.42 Å². The van der Waals surface area contributed by atoms with Crippen LogP contribution in [-0.4, -0.2) is 12.6 Å². The fourth-order valence-electron chi connectivity index (χ4n) is 0.842. The maximum Gasteiger partial charge on any atom is 0.222 e. The van der Waals surface area contributed by atoms with Gasteiger partial charge < -0.3 is 10.1 Å². The Balaban J connectivity index is 0. The molecule has 1 aromatic rings. The summed E-state index contributed by atoms with van der Waals surface area (Å²) in [5.74, 6) is 0.759. The molecule has 0 bridgehead atoms. The van der Waals surface area contributed by atoms with E-state index in [4.69, 9.17) is 4.74 Å². The van der Waals surface area contributed by atoms with Crippen LogP contribution >= 0.6 is 0 Å². The lowest BCUT2D eigenvalue weighted by atomic mass is 10.3. The molecule has 1 aromatic carbocycles. The molecule has 0 atom stereocenters. The van der Waals surface area contributed by atoms with Crippen molar-refractivity contribution in [1.29, 1.82) is 0 Å². The van der Waals surface area contributed by atoms with Gasteiger partial charge in [-0.15, -0.1) is 0 Å². The molecule has 92 valence electrons. The number of hydrogen-bond donors (Lipinski definition) is 1. The van der Waals surface area contributed by atoms with Gasteiger partial charge >= 0.3 is 0 Å². The smallest absolute Gasteiger partial charge is 0.222 e. The molecule has 3 heteroatoms. The van der Waals surface area contributed by atoms with Gasteiger partial charge in [0.1, 0.15) is 5.75 Å². The van der Waals surface area contributed by atoms with Crippen molar-refractivity contribution in [2.24, 2.45) is 0 Å². The molecule has 1 rings (SSSR count). The molecule has 0 radical (unpaired) electrons. The zero-order valence-corrected chi connectivity index (χ0v) is 9.62. The Morgan fingerprint density at radius 1 is 1.25 bits per heavy atom. The SMILES string of the molecule is C.CC.CCC(=O)NCOc1ccccc1. The number of carbonyl (C=O) groups excluding carboxylic acids is 1. The van der Waals surface area contributed by atoms with Gasteiger partial charge in [0.2, 0.25) is 5.91 Å². The monoisotopic (exact) mass is 225 g/mol. The predicted octanol–water partition coefficient (Wildman–Crippen LogP) is 3.21. The van der Waals surface area contributed by atoms with Gasteiger partial charge in [0.15, 0.2) is 6.73 Å². The van der Waals surface area contributed by atoms with E-state index in [1.54, 1.807) is 6.92 Å². The largest absolute Gasteiger partial charge is 0.473 e. The molecule has 0 unspecified atom stereocenters. The minimum absolute atomic E-state index is 0. The highest BCUT2D eigenvalue weighted by molar-refractivity contribution is 5.75. The zero-order valence-electron chi connectivity index (χ0n) is 9.62. The maximum atomic E-state index is 10.8. The normalized spacial score (nSPS) is 7.94. The molecule has 0 saturated carbocycles. The third kappa shape index (κ3) is 7.85. The summed E-state index contributed by atoms with van der Waals surface area (Å²) in [7, 11) is 0. The minimum atomic E-state index is -0.00377. The number of hydrogen-bond acceptors (Lipinski definition) is 2. The number of rotatable bonds is 4. The number of carbonyl (C=O) groups is 1. The van der Waals surface area contributed by atoms with E-state index in [1.807, 2.05) is 44.2 Å². The predicted molar refractivity (Wildman–Crippen MR) is 68.4 cm³/mol. The average Bonchev–Trinajstić information content (AvgIpc) is 2.33. The molecule has 16 heavy (non-hydrogen) atoms. The second-order valence-corrected chi connectivity index (χ2v) is 2.56. The van der Waals surface area contributed by atoms with Crippen molar-refractivity contribution in [2.45, 2.75) is 34.6 Å². The van der Waals surface area contributed by atoms with E-state index in [9.17, 15) is 4.79 Å². The highest BCUT2D eigenvalue weighted by Crippen LogP contribution is 2.06. The van der Waals surface area contributed by atoms with Crippen LogP contribution in [0.2, 0.25) is 0 Å². The van der Waals surface area contributed by atoms with E-state index < -0.39 is 0 Å². The molecule has 0 aliphatic rings. The molecule has 0 heterocycles. The van der Waals surface area contributed by atoms with Crippen LogP contribution in [0, 0.1) is 0 Å². The van der Waals surface area contributed by atoms with E-state index in [1.165, 1.54) is 0 Å². The van der Waals surface area contributed by atoms with Crippen LogP contribution in [0.4, 0.5) is 0 Å². The first-order valence-corrected chi connectivity index (χ1v) is 5.27. The molecule has 0 fully saturated rings. The minimum Gasteiger partial charge on any atom is -0.473 e. The number of ether oxygens (including phenoxy) is 1. The third-order valence-corrected chi connectivity index (χ3v) is 1.57. The Hall–Kier alpha value is -1.51. The van der Waals surface area contributed by atoms with Gasteiger partial charge in [0, 0.05) is 6.42 Å². The molecular formula is C13H23NO2. The summed E-state index contributed by atoms with van der Waals surface area (Å²) in [6.45, 7) is 6.04. The lowest BCUT2D eigenvalue weighted by Crippen LogP contribution is -2.26. The third-order valence-electron chi connectivity index (χ3n) is 1.57. The summed E-state index contributed by atoms with van der Waals surface area (Å²) in [6, 6.07) is 9.38. The molecular weight excluding hydrogens is 202 g/mol. The van der Waals surface area contributed by atoms with Gasteiger partial charge in [-0.25, -0.2) is 0 Å². The first-order valence-electron chi connectivity index (χ1n) is 5.27. The second kappa shape index (κ2) is 11.6. The summed E-state index contributed by atoms with van der Waals surface area (Å²) in [5, 5.41) is 2.62. The molecule has 0 saturated heterocycles. The van der Waals surface area contributed by atoms with Crippen LogP contribution in [-0.2, 0) is 4.79 Å². The van der Waals surface area contributed by atoms with E-state index >= 15 is 0 Å². The van der Waals surface area contributed by atoms with Crippen molar-refractivity contribution in [3.8, 4) is 5.75 Å². The zero-order chi connectivity index (χ0) is 11.5. The van der Waals surface area contributed by atoms with Crippen LogP contribution in [0.15, 0.2) is 30.3 Å². The molecule has 0 aromatic heterocycles. The summed E-state index contributed by atoms with van der Waals surface area (Å²) >= 11 is 0. The summed E-state index contributed by atoms with van der Waals surface area (Å²) in [6.07, 6.45) is 0.484. The average molecular weight is 225 g/mol. The van der Waals surface area contributed by atoms with Crippen molar-refractivity contribution < 1.29 is 9.53 Å². The number of nitrogens with one attached hydrogen (secondary N) is 1. The Labute approximate surface area is 98.8 Å². The van der Waals surface area contributed by atoms with E-state index in [2.05, 4.69) is 5.32 Å². The first-order chi connectivity index (χ1) is 7.33. The molecule has 1 amide bonds. The van der Waals surface area contributed by atoms with Crippen LogP contribution in [0.25, 0.3) is 0 Å². The van der Waals surface area contributed by atoms with Gasteiger partial charge in [0.25, 0.3) is 0 Å². The van der Waals surface area contributed by atoms with Crippen molar-refractivity contribution in [1.82, 2.24) is 5.32 Å². The van der Waals surface area contributed by atoms with Crippen molar-refractivity contribution in [3.05, 3.63) is 30.3 Å². The Kier molecular flexibility index (Phi) is 12.2. The van der Waals surface area contributed by atoms with Gasteiger partial charge in [-0.2, -0.15) is 0 Å². The van der Waals surface area contributed by atoms with Crippen LogP contribution < -0.4 is 10.1 Å². The highest BCUT2D eigenvalue weighted by atomic mass is 16.5. The number of benzene rings is 1. The van der Waals surface area contributed by atoms with Crippen LogP contribution in [0.1, 0.15) is 34.6 Å². The summed E-state index contributed by atoms with van der Waals surface area (Å²) in [4.78, 5) is 10.8. The molecule has 1 N–H and O–H groups in total. The van der Waals surface area contributed by atoms with Gasteiger partial charge in [-0.1, -0.05) is 46.4 Å². The molecule has 3 nitrogen and oxygen atoms in total. The number of para-hydroxylation sites is 1. The van der Waals surface area contributed by atoms with Crippen LogP contribution in [0.3, 0.4) is 0 Å². The summed E-state index contributed by atoms with van der Waals surface area (Å²) < 4.78 is 5.25. The second-order valence-electron chi connectivity index (χ2n) is 2.56. The van der Waals surface area contributed by atoms with Gasteiger partial charge in [-0.3, -0.25) is 4.79 Å². The lowest BCUT2D eigenvalue weighted by molar-refractivity contribution is -0.121. The standard InChI is InChI=1S/C10H13NO2.C2H6.CH4/c1-2-10(12)11-8-13-9-6-4-3-5-7-9;1-2;/h3-7H,2,8H2,1H3,(H,11,12);1-2H3;1H4. The topological polar surface area (TPSA) is 38.3 Å². The molecule has 0 aliphatic carbocycles. The Morgan fingerprint density at radius 2 is 1.81 bits per heavy atom. The van der Waals surface area contributed by atoms with Crippen molar-refractivity contribution in [3.63, 3.8) is 0 Å². The maximum absolute atomic E-state index is 10.8. The van der Waals surface area contributed by atoms with E-state index in [-0.39, 0.29) is 20.1 Å². The van der Waals surface area contributed by atoms with Crippen molar-refractivity contribution in [2.75, 3.05) is 6.73 Å². The fourth-order valence-corrected chi connectivity index (χ4v) is 0.842. The van der Waals surface area contributed by atoms with Gasteiger partial charge in [-0.05, 0) is 12.1 Å². The molecule has 0 aliphatic heterocycles.